The van der Waals surface area contributed by atoms with Crippen LogP contribution in [0.3, 0.4) is 0 Å². The highest BCUT2D eigenvalue weighted by Gasteiger charge is 2.20. The fourth-order valence-electron chi connectivity index (χ4n) is 2.19. The Morgan fingerprint density at radius 2 is 1.96 bits per heavy atom. The van der Waals surface area contributed by atoms with Gasteiger partial charge in [0.05, 0.1) is 7.11 Å². The molecular weight excluding hydrogens is 290 g/mol. The standard InChI is InChI=1S/C18H25N3O2/c1-18(2,3)17(22)20-10-9-16-19-11-12-21(16)13-14-5-7-15(23-4)8-6-14/h5-8,11-12H,9-10,13H2,1-4H3,(H,20,22). The van der Waals surface area contributed by atoms with E-state index in [1.165, 1.54) is 5.56 Å². The molecule has 0 radical (unpaired) electrons. The molecule has 2 aromatic rings. The van der Waals surface area contributed by atoms with E-state index in [4.69, 9.17) is 4.74 Å². The number of hydrogen-bond donors (Lipinski definition) is 1. The lowest BCUT2D eigenvalue weighted by molar-refractivity contribution is -0.128. The summed E-state index contributed by atoms with van der Waals surface area (Å²) in [5, 5.41) is 2.96. The summed E-state index contributed by atoms with van der Waals surface area (Å²) in [6, 6.07) is 8.00. The topological polar surface area (TPSA) is 56.1 Å². The first kappa shape index (κ1) is 17.1. The van der Waals surface area contributed by atoms with E-state index in [2.05, 4.69) is 14.9 Å². The molecule has 0 atom stereocenters. The van der Waals surface area contributed by atoms with Gasteiger partial charge < -0.3 is 14.6 Å². The fourth-order valence-corrected chi connectivity index (χ4v) is 2.19. The molecule has 0 saturated heterocycles. The van der Waals surface area contributed by atoms with E-state index in [1.54, 1.807) is 13.3 Å². The van der Waals surface area contributed by atoms with E-state index >= 15 is 0 Å². The van der Waals surface area contributed by atoms with Crippen molar-refractivity contribution in [2.45, 2.75) is 33.7 Å². The zero-order chi connectivity index (χ0) is 16.9. The van der Waals surface area contributed by atoms with Crippen LogP contribution in [0.15, 0.2) is 36.7 Å². The summed E-state index contributed by atoms with van der Waals surface area (Å²) in [6.45, 7) is 7.08. The number of carbonyl (C=O) groups is 1. The second-order valence-corrected chi connectivity index (χ2v) is 6.58. The van der Waals surface area contributed by atoms with Gasteiger partial charge in [-0.2, -0.15) is 0 Å². The van der Waals surface area contributed by atoms with Crippen LogP contribution in [0.1, 0.15) is 32.2 Å². The minimum atomic E-state index is -0.363. The number of aromatic nitrogens is 2. The van der Waals surface area contributed by atoms with Crippen LogP contribution in [0, 0.1) is 5.41 Å². The van der Waals surface area contributed by atoms with Crippen molar-refractivity contribution in [2.75, 3.05) is 13.7 Å². The molecule has 2 rings (SSSR count). The van der Waals surface area contributed by atoms with E-state index in [9.17, 15) is 4.79 Å². The fraction of sp³-hybridized carbons (Fsp3) is 0.444. The lowest BCUT2D eigenvalue weighted by Gasteiger charge is -2.17. The Bertz CT molecular complexity index is 639. The smallest absolute Gasteiger partial charge is 0.225 e. The quantitative estimate of drug-likeness (QED) is 0.891. The molecule has 0 aliphatic rings. The van der Waals surface area contributed by atoms with E-state index in [0.29, 0.717) is 13.0 Å². The summed E-state index contributed by atoms with van der Waals surface area (Å²) in [4.78, 5) is 16.3. The van der Waals surface area contributed by atoms with Crippen LogP contribution >= 0.6 is 0 Å². The van der Waals surface area contributed by atoms with Gasteiger partial charge in [0.15, 0.2) is 0 Å². The maximum atomic E-state index is 11.9. The van der Waals surface area contributed by atoms with Gasteiger partial charge in [0.2, 0.25) is 5.91 Å². The number of amides is 1. The summed E-state index contributed by atoms with van der Waals surface area (Å²) in [7, 11) is 1.66. The molecule has 1 amide bonds. The summed E-state index contributed by atoms with van der Waals surface area (Å²) in [6.07, 6.45) is 4.47. The average Bonchev–Trinajstić information content (AvgIpc) is 2.94. The maximum Gasteiger partial charge on any atom is 0.225 e. The number of benzene rings is 1. The van der Waals surface area contributed by atoms with Gasteiger partial charge in [-0.25, -0.2) is 4.98 Å². The first-order valence-electron chi connectivity index (χ1n) is 7.81. The van der Waals surface area contributed by atoms with Gasteiger partial charge in [-0.05, 0) is 17.7 Å². The van der Waals surface area contributed by atoms with Gasteiger partial charge in [-0.3, -0.25) is 4.79 Å². The van der Waals surface area contributed by atoms with Crippen molar-refractivity contribution in [3.05, 3.63) is 48.0 Å². The molecule has 124 valence electrons. The molecule has 0 saturated carbocycles. The third-order valence-corrected chi connectivity index (χ3v) is 3.63. The second kappa shape index (κ2) is 7.31. The highest BCUT2D eigenvalue weighted by atomic mass is 16.5. The minimum absolute atomic E-state index is 0.0609. The summed E-state index contributed by atoms with van der Waals surface area (Å²) < 4.78 is 7.27. The predicted molar refractivity (Wildman–Crippen MR) is 90.5 cm³/mol. The Morgan fingerprint density at radius 3 is 2.57 bits per heavy atom. The molecule has 0 spiro atoms. The van der Waals surface area contributed by atoms with Crippen molar-refractivity contribution >= 4 is 5.91 Å². The highest BCUT2D eigenvalue weighted by Crippen LogP contribution is 2.14. The number of nitrogens with one attached hydrogen (secondary N) is 1. The van der Waals surface area contributed by atoms with Gasteiger partial charge in [0.1, 0.15) is 11.6 Å². The maximum absolute atomic E-state index is 11.9. The molecule has 1 N–H and O–H groups in total. The first-order chi connectivity index (χ1) is 10.9. The van der Waals surface area contributed by atoms with E-state index in [1.807, 2.05) is 51.2 Å². The second-order valence-electron chi connectivity index (χ2n) is 6.58. The van der Waals surface area contributed by atoms with Crippen molar-refractivity contribution in [1.29, 1.82) is 0 Å². The third kappa shape index (κ3) is 4.84. The van der Waals surface area contributed by atoms with Crippen molar-refractivity contribution in [1.82, 2.24) is 14.9 Å². The summed E-state index contributed by atoms with van der Waals surface area (Å²) in [5.41, 5.74) is 0.821. The number of nitrogens with zero attached hydrogens (tertiary/aromatic N) is 2. The average molecular weight is 315 g/mol. The van der Waals surface area contributed by atoms with Crippen LogP contribution in [0.2, 0.25) is 0 Å². The summed E-state index contributed by atoms with van der Waals surface area (Å²) in [5.74, 6) is 1.88. The molecule has 1 heterocycles. The molecule has 5 nitrogen and oxygen atoms in total. The van der Waals surface area contributed by atoms with Crippen molar-refractivity contribution < 1.29 is 9.53 Å². The minimum Gasteiger partial charge on any atom is -0.497 e. The SMILES string of the molecule is COc1ccc(Cn2ccnc2CCNC(=O)C(C)(C)C)cc1. The van der Waals surface area contributed by atoms with Crippen LogP contribution in [0.4, 0.5) is 0 Å². The molecule has 23 heavy (non-hydrogen) atoms. The zero-order valence-electron chi connectivity index (χ0n) is 14.3. The van der Waals surface area contributed by atoms with Crippen LogP contribution in [0.5, 0.6) is 5.75 Å². The van der Waals surface area contributed by atoms with Gasteiger partial charge in [0.25, 0.3) is 0 Å². The zero-order valence-corrected chi connectivity index (χ0v) is 14.3. The lowest BCUT2D eigenvalue weighted by atomic mass is 9.96. The molecule has 5 heteroatoms. The number of ether oxygens (including phenoxy) is 1. The van der Waals surface area contributed by atoms with Crippen molar-refractivity contribution in [3.63, 3.8) is 0 Å². The van der Waals surface area contributed by atoms with E-state index in [0.717, 1.165) is 18.1 Å². The molecule has 0 fully saturated rings. The van der Waals surface area contributed by atoms with Crippen LogP contribution in [-0.4, -0.2) is 29.1 Å². The number of rotatable bonds is 6. The largest absolute Gasteiger partial charge is 0.497 e. The summed E-state index contributed by atoms with van der Waals surface area (Å²) >= 11 is 0. The van der Waals surface area contributed by atoms with Gasteiger partial charge >= 0.3 is 0 Å². The first-order valence-corrected chi connectivity index (χ1v) is 7.81. The molecular formula is C18H25N3O2. The van der Waals surface area contributed by atoms with Crippen LogP contribution in [0.25, 0.3) is 0 Å². The monoisotopic (exact) mass is 315 g/mol. The number of imidazole rings is 1. The number of hydrogen-bond acceptors (Lipinski definition) is 3. The normalized spacial score (nSPS) is 11.3. The Morgan fingerprint density at radius 1 is 1.26 bits per heavy atom. The van der Waals surface area contributed by atoms with Crippen molar-refractivity contribution in [2.24, 2.45) is 5.41 Å². The third-order valence-electron chi connectivity index (χ3n) is 3.63. The number of methoxy groups -OCH3 is 1. The molecule has 0 bridgehead atoms. The highest BCUT2D eigenvalue weighted by molar-refractivity contribution is 5.81. The Labute approximate surface area is 137 Å². The lowest BCUT2D eigenvalue weighted by Crippen LogP contribution is -2.36. The molecule has 1 aromatic heterocycles. The van der Waals surface area contributed by atoms with Gasteiger partial charge in [-0.1, -0.05) is 32.9 Å². The van der Waals surface area contributed by atoms with Crippen molar-refractivity contribution in [3.8, 4) is 5.75 Å². The number of carbonyl (C=O) groups excluding carboxylic acids is 1. The molecule has 0 aliphatic carbocycles. The Balaban J connectivity index is 1.92. The van der Waals surface area contributed by atoms with E-state index < -0.39 is 0 Å². The predicted octanol–water partition coefficient (Wildman–Crippen LogP) is 2.64. The molecule has 0 aliphatic heterocycles. The van der Waals surface area contributed by atoms with E-state index in [-0.39, 0.29) is 11.3 Å². The van der Waals surface area contributed by atoms with Gasteiger partial charge in [0, 0.05) is 37.3 Å². The van der Waals surface area contributed by atoms with Gasteiger partial charge in [-0.15, -0.1) is 0 Å². The Hall–Kier alpha value is -2.30. The molecule has 0 unspecified atom stereocenters. The molecule has 1 aromatic carbocycles. The Kier molecular flexibility index (Phi) is 5.42. The van der Waals surface area contributed by atoms with Crippen LogP contribution < -0.4 is 10.1 Å². The van der Waals surface area contributed by atoms with Crippen LogP contribution in [-0.2, 0) is 17.8 Å².